The van der Waals surface area contributed by atoms with Crippen LogP contribution in [0, 0.1) is 5.92 Å². The lowest BCUT2D eigenvalue weighted by molar-refractivity contribution is 0.102. The predicted octanol–water partition coefficient (Wildman–Crippen LogP) is 2.16. The van der Waals surface area contributed by atoms with Gasteiger partial charge < -0.3 is 4.98 Å². The lowest BCUT2D eigenvalue weighted by Crippen LogP contribution is -2.44. The van der Waals surface area contributed by atoms with Gasteiger partial charge in [0, 0.05) is 36.2 Å². The summed E-state index contributed by atoms with van der Waals surface area (Å²) in [6.45, 7) is 3.73. The van der Waals surface area contributed by atoms with Crippen molar-refractivity contribution in [3.8, 4) is 0 Å². The average Bonchev–Trinajstić information content (AvgIpc) is 2.36. The van der Waals surface area contributed by atoms with Crippen molar-refractivity contribution < 1.29 is 0 Å². The second kappa shape index (κ2) is 2.64. The number of nitrogens with zero attached hydrogens (tertiary/aromatic N) is 1. The van der Waals surface area contributed by atoms with E-state index in [1.165, 1.54) is 36.1 Å². The van der Waals surface area contributed by atoms with E-state index in [-0.39, 0.29) is 0 Å². The molecule has 1 fully saturated rings. The van der Waals surface area contributed by atoms with Crippen LogP contribution in [0.2, 0.25) is 0 Å². The predicted molar refractivity (Wildman–Crippen MR) is 60.8 cm³/mol. The van der Waals surface area contributed by atoms with Crippen molar-refractivity contribution in [2.75, 3.05) is 13.1 Å². The summed E-state index contributed by atoms with van der Waals surface area (Å²) in [6, 6.07) is 8.69. The van der Waals surface area contributed by atoms with Crippen LogP contribution in [0.1, 0.15) is 11.3 Å². The van der Waals surface area contributed by atoms with Gasteiger partial charge in [0.25, 0.3) is 0 Å². The highest BCUT2D eigenvalue weighted by atomic mass is 15.2. The van der Waals surface area contributed by atoms with Gasteiger partial charge in [-0.25, -0.2) is 0 Å². The number of benzene rings is 1. The fourth-order valence-electron chi connectivity index (χ4n) is 3.07. The fraction of sp³-hybridized carbons (Fsp3) is 0.385. The van der Waals surface area contributed by atoms with E-state index in [1.54, 1.807) is 5.56 Å². The molecule has 15 heavy (non-hydrogen) atoms. The Morgan fingerprint density at radius 1 is 1.20 bits per heavy atom. The highest BCUT2D eigenvalue weighted by Crippen LogP contribution is 2.33. The van der Waals surface area contributed by atoms with E-state index in [0.29, 0.717) is 0 Å². The Morgan fingerprint density at radius 2 is 2.07 bits per heavy atom. The second-order valence-corrected chi connectivity index (χ2v) is 4.89. The number of nitrogens with one attached hydrogen (secondary N) is 1. The first kappa shape index (κ1) is 7.94. The van der Waals surface area contributed by atoms with Crippen LogP contribution in [0.4, 0.5) is 0 Å². The van der Waals surface area contributed by atoms with Crippen molar-refractivity contribution in [1.82, 2.24) is 9.88 Å². The molecule has 0 aliphatic carbocycles. The van der Waals surface area contributed by atoms with Crippen LogP contribution in [0.3, 0.4) is 0 Å². The summed E-state index contributed by atoms with van der Waals surface area (Å²) in [5, 5.41) is 1.45. The highest BCUT2D eigenvalue weighted by molar-refractivity contribution is 5.84. The number of fused-ring (bicyclic) bond motifs is 1. The zero-order valence-electron chi connectivity index (χ0n) is 8.66. The molecule has 2 heteroatoms. The van der Waals surface area contributed by atoms with Gasteiger partial charge in [-0.3, -0.25) is 4.90 Å². The monoisotopic (exact) mass is 198 g/mol. The fourth-order valence-corrected chi connectivity index (χ4v) is 3.07. The largest absolute Gasteiger partial charge is 0.357 e. The minimum atomic E-state index is 0.908. The summed E-state index contributed by atoms with van der Waals surface area (Å²) in [4.78, 5) is 6.11. The summed E-state index contributed by atoms with van der Waals surface area (Å²) in [7, 11) is 0. The van der Waals surface area contributed by atoms with E-state index in [4.69, 9.17) is 0 Å². The molecule has 0 atom stereocenters. The van der Waals surface area contributed by atoms with E-state index < -0.39 is 0 Å². The minimum absolute atomic E-state index is 0.908. The topological polar surface area (TPSA) is 19.0 Å². The molecule has 76 valence electrons. The molecule has 1 aromatic carbocycles. The number of aromatic nitrogens is 1. The van der Waals surface area contributed by atoms with Crippen molar-refractivity contribution in [2.45, 2.75) is 13.0 Å². The van der Waals surface area contributed by atoms with Gasteiger partial charge in [0.2, 0.25) is 0 Å². The van der Waals surface area contributed by atoms with Crippen LogP contribution in [0.5, 0.6) is 0 Å². The van der Waals surface area contributed by atoms with Crippen molar-refractivity contribution in [3.63, 3.8) is 0 Å². The van der Waals surface area contributed by atoms with Crippen LogP contribution in [-0.4, -0.2) is 23.0 Å². The summed E-state index contributed by atoms with van der Waals surface area (Å²) < 4.78 is 0. The SMILES string of the molecule is c1ccc2c3c([nH]c2c1)CN1CC(C3)C1. The van der Waals surface area contributed by atoms with Gasteiger partial charge in [-0.05, 0) is 24.0 Å². The van der Waals surface area contributed by atoms with Gasteiger partial charge in [0.15, 0.2) is 0 Å². The molecule has 0 unspecified atom stereocenters. The maximum absolute atomic E-state index is 3.57. The second-order valence-electron chi connectivity index (χ2n) is 4.89. The Hall–Kier alpha value is -1.28. The molecule has 2 nitrogen and oxygen atoms in total. The molecule has 0 amide bonds. The summed E-state index contributed by atoms with van der Waals surface area (Å²) in [5.74, 6) is 0.908. The van der Waals surface area contributed by atoms with Gasteiger partial charge in [0.1, 0.15) is 0 Å². The van der Waals surface area contributed by atoms with E-state index in [1.807, 2.05) is 0 Å². The van der Waals surface area contributed by atoms with E-state index in [9.17, 15) is 0 Å². The van der Waals surface area contributed by atoms with Gasteiger partial charge >= 0.3 is 0 Å². The Kier molecular flexibility index (Phi) is 1.40. The summed E-state index contributed by atoms with van der Waals surface area (Å²) >= 11 is 0. The van der Waals surface area contributed by atoms with Crippen molar-refractivity contribution >= 4 is 10.9 Å². The zero-order valence-corrected chi connectivity index (χ0v) is 8.66. The molecule has 5 rings (SSSR count). The van der Waals surface area contributed by atoms with Crippen LogP contribution >= 0.6 is 0 Å². The van der Waals surface area contributed by atoms with Crippen LogP contribution < -0.4 is 0 Å². The standard InChI is InChI=1S/C13H14N2/c1-2-4-12-10(3-1)11-5-9-6-15(7-9)8-13(11)14-12/h1-4,9,14H,5-8H2. The van der Waals surface area contributed by atoms with E-state index in [0.717, 1.165) is 12.5 Å². The van der Waals surface area contributed by atoms with E-state index in [2.05, 4.69) is 34.1 Å². The number of hydrogen-bond acceptors (Lipinski definition) is 1. The number of hydrogen-bond donors (Lipinski definition) is 1. The first-order valence-corrected chi connectivity index (χ1v) is 5.71. The third-order valence-electron chi connectivity index (χ3n) is 3.81. The maximum Gasteiger partial charge on any atom is 0.0459 e. The maximum atomic E-state index is 3.57. The van der Waals surface area contributed by atoms with Gasteiger partial charge in [-0.15, -0.1) is 0 Å². The third-order valence-corrected chi connectivity index (χ3v) is 3.81. The first-order chi connectivity index (χ1) is 7.40. The molecule has 1 aromatic heterocycles. The summed E-state index contributed by atoms with van der Waals surface area (Å²) in [5.41, 5.74) is 4.34. The molecule has 1 N–H and O–H groups in total. The van der Waals surface area contributed by atoms with E-state index >= 15 is 0 Å². The van der Waals surface area contributed by atoms with Gasteiger partial charge in [-0.2, -0.15) is 0 Å². The molecule has 3 aliphatic heterocycles. The molecular formula is C13H14N2. The molecule has 2 aromatic rings. The van der Waals surface area contributed by atoms with Crippen molar-refractivity contribution in [3.05, 3.63) is 35.5 Å². The molecular weight excluding hydrogens is 184 g/mol. The Balaban J connectivity index is 1.97. The van der Waals surface area contributed by atoms with Gasteiger partial charge in [0.05, 0.1) is 0 Å². The average molecular weight is 198 g/mol. The molecule has 1 saturated heterocycles. The minimum Gasteiger partial charge on any atom is -0.357 e. The van der Waals surface area contributed by atoms with Crippen molar-refractivity contribution in [1.29, 1.82) is 0 Å². The number of rotatable bonds is 0. The summed E-state index contributed by atoms with van der Waals surface area (Å²) in [6.07, 6.45) is 1.27. The zero-order chi connectivity index (χ0) is 9.83. The smallest absolute Gasteiger partial charge is 0.0459 e. The lowest BCUT2D eigenvalue weighted by Gasteiger charge is -2.36. The van der Waals surface area contributed by atoms with Crippen LogP contribution in [0.25, 0.3) is 10.9 Å². The Bertz CT molecular complexity index is 520. The Labute approximate surface area is 88.9 Å². The lowest BCUT2D eigenvalue weighted by atomic mass is 9.94. The molecule has 0 radical (unpaired) electrons. The normalized spacial score (nSPS) is 28.3. The first-order valence-electron chi connectivity index (χ1n) is 5.71. The molecule has 0 saturated carbocycles. The number of aromatic amines is 1. The molecule has 2 bridgehead atoms. The highest BCUT2D eigenvalue weighted by Gasteiger charge is 2.32. The van der Waals surface area contributed by atoms with Crippen LogP contribution in [-0.2, 0) is 13.0 Å². The Morgan fingerprint density at radius 3 is 3.00 bits per heavy atom. The molecule has 0 spiro atoms. The number of para-hydroxylation sites is 1. The van der Waals surface area contributed by atoms with Gasteiger partial charge in [-0.1, -0.05) is 18.2 Å². The van der Waals surface area contributed by atoms with Crippen LogP contribution in [0.15, 0.2) is 24.3 Å². The quantitative estimate of drug-likeness (QED) is 0.687. The van der Waals surface area contributed by atoms with Crippen molar-refractivity contribution in [2.24, 2.45) is 5.92 Å². The molecule has 3 aliphatic rings. The molecule has 4 heterocycles. The number of H-pyrrole nitrogens is 1. The third kappa shape index (κ3) is 1.03.